The summed E-state index contributed by atoms with van der Waals surface area (Å²) in [6.07, 6.45) is -12.7. The molecule has 0 aliphatic rings. The fraction of sp³-hybridized carbons (Fsp3) is 0.765. The highest BCUT2D eigenvalue weighted by molar-refractivity contribution is 5.90. The van der Waals surface area contributed by atoms with Gasteiger partial charge in [-0.15, -0.1) is 0 Å². The van der Waals surface area contributed by atoms with E-state index in [1.165, 1.54) is 0 Å². The summed E-state index contributed by atoms with van der Waals surface area (Å²) in [5.74, 6) is -75.2. The third-order valence-corrected chi connectivity index (χ3v) is 4.71. The van der Waals surface area contributed by atoms with E-state index in [2.05, 4.69) is 4.74 Å². The molecule has 0 amide bonds. The Morgan fingerprint density at radius 3 is 1.12 bits per heavy atom. The van der Waals surface area contributed by atoms with Gasteiger partial charge in [-0.05, 0) is 5.92 Å². The van der Waals surface area contributed by atoms with Crippen LogP contribution in [0.25, 0.3) is 0 Å². The van der Waals surface area contributed by atoms with Crippen molar-refractivity contribution < 1.29 is 103 Å². The zero-order valence-corrected chi connectivity index (χ0v) is 18.7. The lowest BCUT2D eigenvalue weighted by Crippen LogP contribution is -2.76. The predicted molar refractivity (Wildman–Crippen MR) is 87.1 cm³/mol. The van der Waals surface area contributed by atoms with Gasteiger partial charge in [0.25, 0.3) is 0 Å². The maximum absolute atomic E-state index is 14.3. The van der Waals surface area contributed by atoms with E-state index in [0.29, 0.717) is 0 Å². The van der Waals surface area contributed by atoms with E-state index in [9.17, 15) is 93.0 Å². The fourth-order valence-electron chi connectivity index (χ4n) is 2.48. The molecule has 1 atom stereocenters. The largest absolute Gasteiger partial charge is 0.478 e. The van der Waals surface area contributed by atoms with E-state index in [1.54, 1.807) is 0 Å². The second kappa shape index (κ2) is 10.3. The number of carboxylic acid groups (broad SMARTS) is 1. The molecule has 236 valence electrons. The zero-order valence-electron chi connectivity index (χ0n) is 18.7. The summed E-state index contributed by atoms with van der Waals surface area (Å²) in [4.78, 5) is 21.6. The minimum Gasteiger partial charge on any atom is -0.478 e. The summed E-state index contributed by atoms with van der Waals surface area (Å²) in [5, 5.41) is 8.24. The quantitative estimate of drug-likeness (QED) is 0.144. The minimum absolute atomic E-state index is 0.252. The molecule has 0 heterocycles. The smallest absolute Gasteiger partial charge is 0.460 e. The zero-order chi connectivity index (χ0) is 32.9. The van der Waals surface area contributed by atoms with Crippen molar-refractivity contribution in [3.8, 4) is 0 Å². The highest BCUT2D eigenvalue weighted by Gasteiger charge is 2.97. The van der Waals surface area contributed by atoms with Crippen LogP contribution in [0.5, 0.6) is 0 Å². The second-order valence-corrected chi connectivity index (χ2v) is 7.91. The summed E-state index contributed by atoms with van der Waals surface area (Å²) in [6.45, 7) is 0.531. The van der Waals surface area contributed by atoms with Crippen LogP contribution in [0.3, 0.4) is 0 Å². The number of halogens is 19. The summed E-state index contributed by atoms with van der Waals surface area (Å²) in [6, 6.07) is 0. The van der Waals surface area contributed by atoms with Gasteiger partial charge in [-0.25, -0.2) is 9.59 Å². The first-order valence-electron chi connectivity index (χ1n) is 9.35. The molecule has 0 aromatic heterocycles. The Labute approximate surface area is 207 Å². The topological polar surface area (TPSA) is 63.6 Å². The van der Waals surface area contributed by atoms with Gasteiger partial charge in [0.2, 0.25) is 0 Å². The van der Waals surface area contributed by atoms with Crippen LogP contribution in [0.2, 0.25) is 0 Å². The van der Waals surface area contributed by atoms with Gasteiger partial charge in [0.1, 0.15) is 0 Å². The number of carbonyl (C=O) groups excluding carboxylic acids is 1. The number of carboxylic acids is 1. The number of carbonyl (C=O) groups is 2. The lowest BCUT2D eigenvalue weighted by Gasteiger charge is -2.44. The summed E-state index contributed by atoms with van der Waals surface area (Å²) < 4.78 is 258. The summed E-state index contributed by atoms with van der Waals surface area (Å²) in [5.41, 5.74) is 0. The number of rotatable bonds is 12. The number of hydrogen-bond donors (Lipinski definition) is 1. The lowest BCUT2D eigenvalue weighted by atomic mass is 9.85. The predicted octanol–water partition coefficient (Wildman–Crippen LogP) is 6.84. The van der Waals surface area contributed by atoms with Crippen LogP contribution >= 0.6 is 0 Å². The van der Waals surface area contributed by atoms with Crippen molar-refractivity contribution in [3.63, 3.8) is 0 Å². The van der Waals surface area contributed by atoms with E-state index in [0.717, 1.165) is 0 Å². The number of esters is 1. The maximum Gasteiger partial charge on any atom is 0.460 e. The summed E-state index contributed by atoms with van der Waals surface area (Å²) in [7, 11) is 0. The number of aliphatic carboxylic acids is 1. The van der Waals surface area contributed by atoms with Crippen molar-refractivity contribution in [2.45, 2.75) is 73.5 Å². The average Bonchev–Trinajstić information content (AvgIpc) is 2.73. The van der Waals surface area contributed by atoms with Crippen molar-refractivity contribution in [2.24, 2.45) is 5.92 Å². The molecule has 40 heavy (non-hydrogen) atoms. The molecule has 0 rings (SSSR count). The van der Waals surface area contributed by atoms with Gasteiger partial charge < -0.3 is 9.84 Å². The normalized spacial score (nSPS) is 16.4. The van der Waals surface area contributed by atoms with E-state index in [4.69, 9.17) is 5.11 Å². The first-order chi connectivity index (χ1) is 17.1. The van der Waals surface area contributed by atoms with Crippen LogP contribution in [-0.2, 0) is 14.3 Å². The molecule has 0 aliphatic carbocycles. The third-order valence-electron chi connectivity index (χ3n) is 4.71. The highest BCUT2D eigenvalue weighted by Crippen LogP contribution is 2.65. The van der Waals surface area contributed by atoms with E-state index in [-0.39, 0.29) is 26.0 Å². The molecule has 0 fully saturated rings. The molecule has 0 spiro atoms. The first kappa shape index (κ1) is 37.4. The minimum atomic E-state index is -9.07. The molecule has 1 unspecified atom stereocenters. The van der Waals surface area contributed by atoms with Crippen molar-refractivity contribution in [1.82, 2.24) is 0 Å². The van der Waals surface area contributed by atoms with Crippen LogP contribution in [0.15, 0.2) is 12.2 Å². The molecule has 1 N–H and O–H groups in total. The molecule has 0 bridgehead atoms. The Morgan fingerprint density at radius 2 is 0.850 bits per heavy atom. The van der Waals surface area contributed by atoms with Crippen LogP contribution < -0.4 is 0 Å². The Hall–Kier alpha value is -2.65. The molecule has 0 saturated heterocycles. The molecular weight excluding hydrogens is 629 g/mol. The van der Waals surface area contributed by atoms with Crippen molar-refractivity contribution in [2.75, 3.05) is 0 Å². The Balaban J connectivity index is 7.03. The van der Waals surface area contributed by atoms with E-state index >= 15 is 0 Å². The number of alkyl halides is 19. The molecule has 0 aromatic carbocycles. The molecule has 4 nitrogen and oxygen atoms in total. The van der Waals surface area contributed by atoms with E-state index < -0.39 is 77.5 Å². The van der Waals surface area contributed by atoms with Gasteiger partial charge >= 0.3 is 65.5 Å². The molecule has 0 radical (unpaired) electrons. The first-order valence-corrected chi connectivity index (χ1v) is 9.35. The van der Waals surface area contributed by atoms with Crippen LogP contribution in [-0.4, -0.2) is 76.7 Å². The Bertz CT molecular complexity index is 980. The van der Waals surface area contributed by atoms with Crippen molar-refractivity contribution in [1.29, 1.82) is 0 Å². The van der Waals surface area contributed by atoms with Gasteiger partial charge in [-0.3, -0.25) is 0 Å². The van der Waals surface area contributed by atoms with Crippen LogP contribution in [0.1, 0.15) is 13.8 Å². The lowest BCUT2D eigenvalue weighted by molar-refractivity contribution is -0.470. The molecule has 0 saturated carbocycles. The maximum atomic E-state index is 14.3. The third kappa shape index (κ3) is 5.34. The highest BCUT2D eigenvalue weighted by atomic mass is 19.4. The van der Waals surface area contributed by atoms with E-state index in [1.807, 2.05) is 0 Å². The second-order valence-electron chi connectivity index (χ2n) is 7.91. The average molecular weight is 640 g/mol. The number of hydrogen-bond acceptors (Lipinski definition) is 3. The number of ether oxygens (including phenoxy) is 1. The SMILES string of the molecule is CC(C)C(OC(=O)/C=C/C(=O)O)C(F)(F)C(F)(F)C(F)(F)C(F)(F)C(F)(F)C(F)(F)C(F)(F)C(F)(F)C(F)(F)F. The van der Waals surface area contributed by atoms with Gasteiger partial charge in [0.05, 0.1) is 0 Å². The van der Waals surface area contributed by atoms with Crippen LogP contribution in [0.4, 0.5) is 83.4 Å². The van der Waals surface area contributed by atoms with Gasteiger partial charge in [-0.2, -0.15) is 83.4 Å². The van der Waals surface area contributed by atoms with Crippen molar-refractivity contribution in [3.05, 3.63) is 12.2 Å². The Morgan fingerprint density at radius 1 is 0.550 bits per heavy atom. The van der Waals surface area contributed by atoms with Crippen molar-refractivity contribution >= 4 is 11.9 Å². The molecule has 23 heteroatoms. The molecule has 0 aromatic rings. The van der Waals surface area contributed by atoms with Gasteiger partial charge in [0, 0.05) is 12.2 Å². The van der Waals surface area contributed by atoms with Gasteiger partial charge in [-0.1, -0.05) is 13.8 Å². The summed E-state index contributed by atoms with van der Waals surface area (Å²) >= 11 is 0. The van der Waals surface area contributed by atoms with Crippen LogP contribution in [0, 0.1) is 5.92 Å². The van der Waals surface area contributed by atoms with Gasteiger partial charge in [0.15, 0.2) is 6.10 Å². The fourth-order valence-corrected chi connectivity index (χ4v) is 2.48. The monoisotopic (exact) mass is 640 g/mol. The molecule has 0 aliphatic heterocycles. The Kier molecular flexibility index (Phi) is 9.63. The molecular formula is C17H11F19O4. The standard InChI is InChI=1S/C17H11F19O4/c1-5(2)8(40-7(39)4-3-6(37)38)9(18,19)10(20,21)11(22,23)12(24,25)13(26,27)14(28,29)15(30,31)16(32,33)17(34,35)36/h3-5,8H,1-2H3,(H,37,38)/b4-3+.